The van der Waals surface area contributed by atoms with E-state index in [9.17, 15) is 0 Å². The molecule has 1 aromatic heterocycles. The van der Waals surface area contributed by atoms with Gasteiger partial charge in [-0.1, -0.05) is 31.4 Å². The van der Waals surface area contributed by atoms with Crippen molar-refractivity contribution in [2.45, 2.75) is 57.2 Å². The molecule has 1 atom stereocenters. The highest BCUT2D eigenvalue weighted by Gasteiger charge is 2.45. The van der Waals surface area contributed by atoms with Crippen molar-refractivity contribution in [1.29, 1.82) is 0 Å². The third-order valence-electron chi connectivity index (χ3n) is 4.73. The average molecular weight is 299 g/mol. The lowest BCUT2D eigenvalue weighted by molar-refractivity contribution is 0.104. The highest BCUT2D eigenvalue weighted by Crippen LogP contribution is 2.44. The molecule has 1 heterocycles. The number of hydrogen-bond acceptors (Lipinski definition) is 3. The number of halogens is 1. The van der Waals surface area contributed by atoms with Crippen LogP contribution in [-0.2, 0) is 6.54 Å². The lowest BCUT2D eigenvalue weighted by atomic mass is 9.84. The molecule has 0 saturated heterocycles. The van der Waals surface area contributed by atoms with E-state index in [0.29, 0.717) is 0 Å². The molecule has 0 amide bonds. The smallest absolute Gasteiger partial charge is 0.0834 e. The molecule has 0 aromatic carbocycles. The highest BCUT2D eigenvalue weighted by atomic mass is 35.5. The Morgan fingerprint density at radius 3 is 2.60 bits per heavy atom. The Kier molecular flexibility index (Phi) is 5.10. The van der Waals surface area contributed by atoms with Crippen LogP contribution in [0.2, 0.25) is 5.02 Å². The Bertz CT molecular complexity index is 435. The van der Waals surface area contributed by atoms with Crippen LogP contribution < -0.4 is 5.32 Å². The Balaban J connectivity index is 2.43. The van der Waals surface area contributed by atoms with Crippen LogP contribution in [0.1, 0.15) is 50.8 Å². The molecule has 0 spiro atoms. The molecule has 1 fully saturated rings. The molecule has 0 aliphatic heterocycles. The predicted molar refractivity (Wildman–Crippen MR) is 84.2 cm³/mol. The first-order valence-electron chi connectivity index (χ1n) is 7.62. The fraction of sp³-hybridized carbons (Fsp3) is 0.800. The van der Waals surface area contributed by atoms with E-state index in [-0.39, 0.29) is 11.6 Å². The van der Waals surface area contributed by atoms with Crippen molar-refractivity contribution in [3.63, 3.8) is 0 Å². The van der Waals surface area contributed by atoms with Gasteiger partial charge < -0.3 is 10.2 Å². The quantitative estimate of drug-likeness (QED) is 0.876. The van der Waals surface area contributed by atoms with Gasteiger partial charge in [-0.15, -0.1) is 0 Å². The zero-order valence-electron chi connectivity index (χ0n) is 13.1. The van der Waals surface area contributed by atoms with Gasteiger partial charge in [-0.3, -0.25) is 4.68 Å². The topological polar surface area (TPSA) is 33.1 Å². The normalized spacial score (nSPS) is 19.7. The van der Waals surface area contributed by atoms with Gasteiger partial charge in [0.1, 0.15) is 0 Å². The number of nitrogens with zero attached hydrogens (tertiary/aromatic N) is 3. The van der Waals surface area contributed by atoms with Crippen molar-refractivity contribution >= 4 is 11.6 Å². The second kappa shape index (κ2) is 6.46. The van der Waals surface area contributed by atoms with Crippen LogP contribution in [0, 0.1) is 0 Å². The molecule has 1 saturated carbocycles. The van der Waals surface area contributed by atoms with Crippen LogP contribution in [0.25, 0.3) is 0 Å². The van der Waals surface area contributed by atoms with E-state index >= 15 is 0 Å². The molecular weight excluding hydrogens is 272 g/mol. The van der Waals surface area contributed by atoms with E-state index in [4.69, 9.17) is 11.6 Å². The fourth-order valence-electron chi connectivity index (χ4n) is 3.69. The molecule has 2 rings (SSSR count). The summed E-state index contributed by atoms with van der Waals surface area (Å²) in [5.41, 5.74) is 1.29. The number of aromatic nitrogens is 2. The van der Waals surface area contributed by atoms with Crippen LogP contribution in [-0.4, -0.2) is 41.4 Å². The summed E-state index contributed by atoms with van der Waals surface area (Å²) >= 11 is 6.46. The molecule has 1 unspecified atom stereocenters. The SMILES string of the molecule is CCCn1ncc(Cl)c1C(NC)C1(N(C)C)CCCC1. The molecule has 1 aliphatic rings. The van der Waals surface area contributed by atoms with Crippen LogP contribution in [0.4, 0.5) is 0 Å². The maximum Gasteiger partial charge on any atom is 0.0834 e. The molecule has 1 aromatic rings. The summed E-state index contributed by atoms with van der Waals surface area (Å²) in [6.45, 7) is 3.09. The number of nitrogens with one attached hydrogen (secondary N) is 1. The standard InChI is InChI=1S/C15H27ClN4/c1-5-10-20-13(12(16)11-18-20)14(17-2)15(19(3)4)8-6-7-9-15/h11,14,17H,5-10H2,1-4H3. The number of aryl methyl sites for hydroxylation is 1. The lowest BCUT2D eigenvalue weighted by Gasteiger charge is -2.43. The van der Waals surface area contributed by atoms with Crippen molar-refractivity contribution in [3.05, 3.63) is 16.9 Å². The summed E-state index contributed by atoms with van der Waals surface area (Å²) in [7, 11) is 6.40. The van der Waals surface area contributed by atoms with Crippen molar-refractivity contribution in [1.82, 2.24) is 20.0 Å². The molecule has 1 aliphatic carbocycles. The molecule has 1 N–H and O–H groups in total. The largest absolute Gasteiger partial charge is 0.310 e. The fourth-order valence-corrected chi connectivity index (χ4v) is 3.94. The number of rotatable bonds is 6. The first kappa shape index (κ1) is 15.8. The third kappa shape index (κ3) is 2.61. The van der Waals surface area contributed by atoms with Crippen molar-refractivity contribution in [2.24, 2.45) is 0 Å². The van der Waals surface area contributed by atoms with Gasteiger partial charge in [-0.2, -0.15) is 5.10 Å². The lowest BCUT2D eigenvalue weighted by Crippen LogP contribution is -2.52. The molecular formula is C15H27ClN4. The second-order valence-electron chi connectivity index (χ2n) is 6.03. The van der Waals surface area contributed by atoms with Gasteiger partial charge in [0.05, 0.1) is 23.0 Å². The minimum Gasteiger partial charge on any atom is -0.310 e. The number of hydrogen-bond donors (Lipinski definition) is 1. The van der Waals surface area contributed by atoms with E-state index in [1.807, 2.05) is 7.05 Å². The summed E-state index contributed by atoms with van der Waals surface area (Å²) in [5, 5.41) is 8.77. The minimum absolute atomic E-state index is 0.143. The van der Waals surface area contributed by atoms with E-state index in [1.165, 1.54) is 25.7 Å². The Hall–Kier alpha value is -0.580. The highest BCUT2D eigenvalue weighted by molar-refractivity contribution is 6.31. The van der Waals surface area contributed by atoms with Crippen LogP contribution in [0.3, 0.4) is 0 Å². The van der Waals surface area contributed by atoms with Crippen molar-refractivity contribution < 1.29 is 0 Å². The Labute approximate surface area is 127 Å². The molecule has 114 valence electrons. The summed E-state index contributed by atoms with van der Waals surface area (Å²) < 4.78 is 2.08. The van der Waals surface area contributed by atoms with Crippen LogP contribution >= 0.6 is 11.6 Å². The van der Waals surface area contributed by atoms with E-state index < -0.39 is 0 Å². The molecule has 4 nitrogen and oxygen atoms in total. The predicted octanol–water partition coefficient (Wildman–Crippen LogP) is 3.08. The zero-order chi connectivity index (χ0) is 14.8. The minimum atomic E-state index is 0.143. The Morgan fingerprint density at radius 2 is 2.10 bits per heavy atom. The summed E-state index contributed by atoms with van der Waals surface area (Å²) in [5.74, 6) is 0. The van der Waals surface area contributed by atoms with Crippen molar-refractivity contribution in [2.75, 3.05) is 21.1 Å². The first-order chi connectivity index (χ1) is 9.56. The monoisotopic (exact) mass is 298 g/mol. The third-order valence-corrected chi connectivity index (χ3v) is 5.02. The maximum absolute atomic E-state index is 6.46. The van der Waals surface area contributed by atoms with Gasteiger partial charge >= 0.3 is 0 Å². The van der Waals surface area contributed by atoms with Gasteiger partial charge in [0.25, 0.3) is 0 Å². The second-order valence-corrected chi connectivity index (χ2v) is 6.43. The summed E-state index contributed by atoms with van der Waals surface area (Å²) in [6.07, 6.45) is 7.84. The molecule has 5 heteroatoms. The molecule has 0 bridgehead atoms. The van der Waals surface area contributed by atoms with Gasteiger partial charge in [-0.25, -0.2) is 0 Å². The van der Waals surface area contributed by atoms with Gasteiger partial charge in [0.15, 0.2) is 0 Å². The molecule has 20 heavy (non-hydrogen) atoms. The Morgan fingerprint density at radius 1 is 1.45 bits per heavy atom. The van der Waals surface area contributed by atoms with Crippen LogP contribution in [0.5, 0.6) is 0 Å². The van der Waals surface area contributed by atoms with Gasteiger partial charge in [0, 0.05) is 12.1 Å². The van der Waals surface area contributed by atoms with Gasteiger partial charge in [-0.05, 0) is 40.4 Å². The summed E-state index contributed by atoms with van der Waals surface area (Å²) in [6, 6.07) is 0.224. The van der Waals surface area contributed by atoms with Crippen LogP contribution in [0.15, 0.2) is 6.20 Å². The zero-order valence-corrected chi connectivity index (χ0v) is 13.9. The van der Waals surface area contributed by atoms with Gasteiger partial charge in [0.2, 0.25) is 0 Å². The van der Waals surface area contributed by atoms with E-state index in [2.05, 4.69) is 41.0 Å². The average Bonchev–Trinajstić information content (AvgIpc) is 3.02. The maximum atomic E-state index is 6.46. The first-order valence-corrected chi connectivity index (χ1v) is 8.00. The number of likely N-dealkylation sites (N-methyl/N-ethyl adjacent to an activating group) is 2. The summed E-state index contributed by atoms with van der Waals surface area (Å²) in [4.78, 5) is 2.38. The van der Waals surface area contributed by atoms with Crippen molar-refractivity contribution in [3.8, 4) is 0 Å². The van der Waals surface area contributed by atoms with E-state index in [1.54, 1.807) is 6.20 Å². The van der Waals surface area contributed by atoms with E-state index in [0.717, 1.165) is 23.7 Å². The molecule has 0 radical (unpaired) electrons.